The molecule has 48 valence electrons. The zero-order valence-corrected chi connectivity index (χ0v) is 9.02. The van der Waals surface area contributed by atoms with E-state index in [0.29, 0.717) is 6.61 Å². The maximum atomic E-state index is 8.50. The van der Waals surface area contributed by atoms with Crippen LogP contribution in [0.1, 0.15) is 0 Å². The Hall–Kier alpha value is 1.05. The van der Waals surface area contributed by atoms with Crippen molar-refractivity contribution in [3.05, 3.63) is 0 Å². The van der Waals surface area contributed by atoms with Crippen molar-refractivity contribution in [1.29, 1.82) is 0 Å². The van der Waals surface area contributed by atoms with Crippen LogP contribution in [0.3, 0.4) is 0 Å². The van der Waals surface area contributed by atoms with Gasteiger partial charge in [-0.05, 0) is 0 Å². The summed E-state index contributed by atoms with van der Waals surface area (Å²) in [5, 5.41) is 7.96. The molecule has 0 aliphatic rings. The van der Waals surface area contributed by atoms with Crippen LogP contribution in [0.25, 0.3) is 0 Å². The molecule has 0 bridgehead atoms. The van der Waals surface area contributed by atoms with E-state index >= 15 is 0 Å². The molecule has 0 unspecified atom stereocenters. The molecule has 1 N–H and O–H groups in total. The maximum absolute atomic E-state index is 8.50. The average Bonchev–Trinajstić information content (AvgIpc) is 1.71. The van der Waals surface area contributed by atoms with Crippen LogP contribution in [0.2, 0.25) is 0 Å². The molecule has 0 spiro atoms. The molecule has 0 rings (SSSR count). The van der Waals surface area contributed by atoms with Gasteiger partial charge in [-0.2, -0.15) is 0 Å². The predicted octanol–water partition coefficient (Wildman–Crippen LogP) is -1.70. The Labute approximate surface area is 70.2 Å². The SMILES string of the molecule is OCC[O][SbH2].[O]=[Ti]=[O]. The van der Waals surface area contributed by atoms with E-state index in [1.807, 2.05) is 0 Å². The van der Waals surface area contributed by atoms with Crippen LogP contribution in [0, 0.1) is 0 Å². The number of rotatable bonds is 2. The van der Waals surface area contributed by atoms with Crippen molar-refractivity contribution in [1.82, 2.24) is 0 Å². The van der Waals surface area contributed by atoms with Crippen LogP contribution in [-0.4, -0.2) is 41.8 Å². The minimum atomic E-state index is -2.00. The van der Waals surface area contributed by atoms with E-state index in [2.05, 4.69) is 3.02 Å². The van der Waals surface area contributed by atoms with Crippen LogP contribution >= 0.6 is 0 Å². The van der Waals surface area contributed by atoms with Gasteiger partial charge in [-0.25, -0.2) is 0 Å². The van der Waals surface area contributed by atoms with Gasteiger partial charge >= 0.3 is 70.5 Å². The molecule has 0 heterocycles. The van der Waals surface area contributed by atoms with Gasteiger partial charge in [-0.15, -0.1) is 0 Å². The Morgan fingerprint density at radius 3 is 2.00 bits per heavy atom. The van der Waals surface area contributed by atoms with Gasteiger partial charge in [0.15, 0.2) is 0 Å². The number of hydrogen-bond donors (Lipinski definition) is 1. The number of hydrogen-bond acceptors (Lipinski definition) is 4. The van der Waals surface area contributed by atoms with E-state index in [9.17, 15) is 0 Å². The Balaban J connectivity index is 0. The monoisotopic (exact) mass is 264 g/mol. The summed E-state index contributed by atoms with van der Waals surface area (Å²) in [5.74, 6) is 0. The van der Waals surface area contributed by atoms with Gasteiger partial charge in [0.25, 0.3) is 0 Å². The normalized spacial score (nSPS) is 6.25. The van der Waals surface area contributed by atoms with Crippen LogP contribution in [-0.2, 0) is 28.8 Å². The van der Waals surface area contributed by atoms with E-state index in [0.717, 1.165) is 23.4 Å². The van der Waals surface area contributed by atoms with Crippen molar-refractivity contribution in [2.24, 2.45) is 0 Å². The molecular weight excluding hydrogens is 258 g/mol. The second-order valence-electron chi connectivity index (χ2n) is 0.678. The second kappa shape index (κ2) is 15.7. The Kier molecular flexibility index (Phi) is 23.1. The van der Waals surface area contributed by atoms with Crippen LogP contribution in [0.5, 0.6) is 0 Å². The molecule has 0 aliphatic heterocycles. The molecule has 0 amide bonds. The van der Waals surface area contributed by atoms with Crippen molar-refractivity contribution in [2.75, 3.05) is 13.2 Å². The van der Waals surface area contributed by atoms with Crippen molar-refractivity contribution < 1.29 is 33.9 Å². The van der Waals surface area contributed by atoms with E-state index in [4.69, 9.17) is 11.8 Å². The quantitative estimate of drug-likeness (QED) is 0.604. The topological polar surface area (TPSA) is 63.6 Å². The summed E-state index contributed by atoms with van der Waals surface area (Å²) in [6, 6.07) is 0. The fraction of sp³-hybridized carbons (Fsp3) is 1.00. The summed E-state index contributed by atoms with van der Waals surface area (Å²) >= 11 is -1.21. The minimum absolute atomic E-state index is 0.154. The zero-order chi connectivity index (χ0) is 6.83. The fourth-order valence-corrected chi connectivity index (χ4v) is 0.354. The number of aliphatic hydroxyl groups is 1. The molecule has 0 aromatic rings. The van der Waals surface area contributed by atoms with Gasteiger partial charge in [0.05, 0.1) is 0 Å². The van der Waals surface area contributed by atoms with E-state index in [1.54, 1.807) is 0 Å². The second-order valence-corrected chi connectivity index (χ2v) is 1.89. The van der Waals surface area contributed by atoms with Gasteiger partial charge in [0.1, 0.15) is 0 Å². The molecule has 0 fully saturated rings. The van der Waals surface area contributed by atoms with E-state index < -0.39 is 19.1 Å². The molecule has 0 aromatic heterocycles. The Bertz CT molecular complexity index is 59.1. The van der Waals surface area contributed by atoms with E-state index in [1.165, 1.54) is 0 Å². The Morgan fingerprint density at radius 2 is 2.00 bits per heavy atom. The summed E-state index contributed by atoms with van der Waals surface area (Å²) in [4.78, 5) is 0. The van der Waals surface area contributed by atoms with Crippen molar-refractivity contribution >= 4 is 23.4 Å². The van der Waals surface area contributed by atoms with Gasteiger partial charge < -0.3 is 0 Å². The molecule has 6 heteroatoms. The third-order valence-electron chi connectivity index (χ3n) is 0.209. The van der Waals surface area contributed by atoms with Crippen molar-refractivity contribution in [2.45, 2.75) is 0 Å². The molecule has 0 aromatic carbocycles. The van der Waals surface area contributed by atoms with E-state index in [-0.39, 0.29) is 6.61 Å². The van der Waals surface area contributed by atoms with Gasteiger partial charge in [0.2, 0.25) is 0 Å². The van der Waals surface area contributed by atoms with Crippen LogP contribution < -0.4 is 0 Å². The first-order valence-corrected chi connectivity index (χ1v) is 4.37. The third-order valence-corrected chi connectivity index (χ3v) is 0.882. The van der Waals surface area contributed by atoms with Gasteiger partial charge in [-0.3, -0.25) is 0 Å². The molecule has 8 heavy (non-hydrogen) atoms. The van der Waals surface area contributed by atoms with Crippen molar-refractivity contribution in [3.8, 4) is 0 Å². The zero-order valence-electron chi connectivity index (χ0n) is 4.16. The summed E-state index contributed by atoms with van der Waals surface area (Å²) in [6.45, 7) is 0.656. The first-order chi connectivity index (χ1) is 3.83. The molecule has 0 saturated carbocycles. The average molecular weight is 265 g/mol. The van der Waals surface area contributed by atoms with Crippen LogP contribution in [0.15, 0.2) is 0 Å². The standard InChI is InChI=1S/C2H5O2.2O.Sb.Ti.2H/c3-1-2-4;;;;;;/h3H,1-2H2;;;;;;/q-1;;;+1;;;. The fourth-order valence-electron chi connectivity index (χ4n) is 0.0527. The van der Waals surface area contributed by atoms with Crippen LogP contribution in [0.4, 0.5) is 0 Å². The van der Waals surface area contributed by atoms with Gasteiger partial charge in [-0.1, -0.05) is 0 Å². The summed E-state index contributed by atoms with van der Waals surface area (Å²) in [7, 11) is 0. The predicted molar refractivity (Wildman–Crippen MR) is 23.0 cm³/mol. The van der Waals surface area contributed by atoms with Gasteiger partial charge in [0, 0.05) is 0 Å². The molecule has 0 radical (unpaired) electrons. The molecular formula is C2H7O4SbTi. The first kappa shape index (κ1) is 11.8. The first-order valence-electron chi connectivity index (χ1n) is 1.75. The summed E-state index contributed by atoms with van der Waals surface area (Å²) in [5.41, 5.74) is 0. The molecule has 0 saturated heterocycles. The summed E-state index contributed by atoms with van der Waals surface area (Å²) in [6.07, 6.45) is 0. The summed E-state index contributed by atoms with van der Waals surface area (Å²) < 4.78 is 21.6. The number of aliphatic hydroxyl groups excluding tert-OH is 1. The third kappa shape index (κ3) is 27.7. The Morgan fingerprint density at radius 1 is 1.62 bits per heavy atom. The molecule has 0 aliphatic carbocycles. The van der Waals surface area contributed by atoms with Crippen molar-refractivity contribution in [3.63, 3.8) is 0 Å². The molecule has 0 atom stereocenters. The molecule has 4 nitrogen and oxygen atoms in total.